The van der Waals surface area contributed by atoms with E-state index in [1.165, 1.54) is 11.1 Å². The summed E-state index contributed by atoms with van der Waals surface area (Å²) in [5, 5.41) is 6.13. The highest BCUT2D eigenvalue weighted by Gasteiger charge is 2.24. The van der Waals surface area contributed by atoms with Gasteiger partial charge in [-0.25, -0.2) is 4.79 Å². The van der Waals surface area contributed by atoms with Crippen molar-refractivity contribution in [2.45, 2.75) is 45.4 Å². The zero-order valence-corrected chi connectivity index (χ0v) is 15.7. The Bertz CT molecular complexity index is 825. The van der Waals surface area contributed by atoms with Crippen LogP contribution in [0, 0.1) is 0 Å². The van der Waals surface area contributed by atoms with Gasteiger partial charge in [0, 0.05) is 12.2 Å². The van der Waals surface area contributed by atoms with E-state index in [0.29, 0.717) is 24.2 Å². The van der Waals surface area contributed by atoms with Crippen molar-refractivity contribution >= 4 is 17.6 Å². The Morgan fingerprint density at radius 1 is 1.04 bits per heavy atom. The van der Waals surface area contributed by atoms with E-state index in [2.05, 4.69) is 22.8 Å². The molecule has 0 aliphatic carbocycles. The fourth-order valence-electron chi connectivity index (χ4n) is 2.77. The van der Waals surface area contributed by atoms with Crippen molar-refractivity contribution in [2.75, 3.05) is 5.32 Å². The summed E-state index contributed by atoms with van der Waals surface area (Å²) in [5.41, 5.74) is 2.81. The van der Waals surface area contributed by atoms with Gasteiger partial charge in [-0.1, -0.05) is 24.3 Å². The van der Waals surface area contributed by atoms with Crippen LogP contribution in [0.1, 0.15) is 42.3 Å². The number of benzene rings is 2. The van der Waals surface area contributed by atoms with Gasteiger partial charge < -0.3 is 10.6 Å². The summed E-state index contributed by atoms with van der Waals surface area (Å²) in [6, 6.07) is 14.3. The summed E-state index contributed by atoms with van der Waals surface area (Å²) >= 11 is 0. The normalized spacial score (nSPS) is 16.3. The van der Waals surface area contributed by atoms with Gasteiger partial charge in [0.25, 0.3) is 0 Å². The summed E-state index contributed by atoms with van der Waals surface area (Å²) in [4.78, 5) is 34.3. The van der Waals surface area contributed by atoms with Crippen LogP contribution in [0.4, 0.5) is 5.69 Å². The van der Waals surface area contributed by atoms with E-state index in [4.69, 9.17) is 9.78 Å². The van der Waals surface area contributed by atoms with Crippen molar-refractivity contribution in [1.29, 1.82) is 0 Å². The Kier molecular flexibility index (Phi) is 5.58. The number of carbonyl (C=O) groups is 2. The molecule has 0 saturated carbocycles. The smallest absolute Gasteiger partial charge is 0.325 e. The lowest BCUT2D eigenvalue weighted by Gasteiger charge is -2.25. The molecule has 6 heteroatoms. The molecule has 142 valence electrons. The minimum Gasteiger partial charge on any atom is -0.325 e. The van der Waals surface area contributed by atoms with Crippen LogP contribution in [-0.4, -0.2) is 23.5 Å². The Morgan fingerprint density at radius 3 is 2.37 bits per heavy atom. The molecule has 1 aliphatic heterocycles. The van der Waals surface area contributed by atoms with Gasteiger partial charge in [-0.15, -0.1) is 0 Å². The van der Waals surface area contributed by atoms with Crippen molar-refractivity contribution in [2.24, 2.45) is 0 Å². The molecule has 3 rings (SSSR count). The summed E-state index contributed by atoms with van der Waals surface area (Å²) in [6.07, 6.45) is 0.649. The Labute approximate surface area is 158 Å². The summed E-state index contributed by atoms with van der Waals surface area (Å²) in [7, 11) is 0. The third-order valence-electron chi connectivity index (χ3n) is 4.15. The van der Waals surface area contributed by atoms with Crippen LogP contribution in [0.3, 0.4) is 0 Å². The van der Waals surface area contributed by atoms with Crippen molar-refractivity contribution in [1.82, 2.24) is 5.32 Å². The van der Waals surface area contributed by atoms with Gasteiger partial charge in [0.15, 0.2) is 0 Å². The Balaban J connectivity index is 1.57. The van der Waals surface area contributed by atoms with E-state index >= 15 is 0 Å². The van der Waals surface area contributed by atoms with Gasteiger partial charge in [0.2, 0.25) is 5.91 Å². The van der Waals surface area contributed by atoms with Crippen LogP contribution in [0.5, 0.6) is 0 Å². The third-order valence-corrected chi connectivity index (χ3v) is 4.15. The molecule has 1 heterocycles. The molecule has 2 aromatic carbocycles. The predicted molar refractivity (Wildman–Crippen MR) is 102 cm³/mol. The molecule has 0 bridgehead atoms. The SMILES string of the molecule is CC(C)(C)OOC(=O)c1ccc(NC(=O)[C@@H]2Cc3ccccc3CN2)cc1. The van der Waals surface area contributed by atoms with Crippen LogP contribution >= 0.6 is 0 Å². The zero-order chi connectivity index (χ0) is 19.4. The molecule has 0 aromatic heterocycles. The highest BCUT2D eigenvalue weighted by Crippen LogP contribution is 2.18. The van der Waals surface area contributed by atoms with Gasteiger partial charge in [0.1, 0.15) is 5.60 Å². The molecule has 0 fully saturated rings. The molecule has 1 aliphatic rings. The molecule has 0 saturated heterocycles. The number of fused-ring (bicyclic) bond motifs is 1. The van der Waals surface area contributed by atoms with Gasteiger partial charge in [-0.05, 0) is 62.6 Å². The van der Waals surface area contributed by atoms with Crippen molar-refractivity contribution in [3.8, 4) is 0 Å². The molecule has 0 radical (unpaired) electrons. The average molecular weight is 368 g/mol. The molecular weight excluding hydrogens is 344 g/mol. The second-order valence-corrected chi connectivity index (χ2v) is 7.54. The lowest BCUT2D eigenvalue weighted by molar-refractivity contribution is -0.301. The van der Waals surface area contributed by atoms with E-state index in [1.807, 2.05) is 12.1 Å². The van der Waals surface area contributed by atoms with Crippen LogP contribution in [-0.2, 0) is 27.5 Å². The number of carbonyl (C=O) groups excluding carboxylic acids is 2. The highest BCUT2D eigenvalue weighted by molar-refractivity contribution is 5.96. The molecule has 27 heavy (non-hydrogen) atoms. The summed E-state index contributed by atoms with van der Waals surface area (Å²) in [5.74, 6) is -0.677. The first-order valence-corrected chi connectivity index (χ1v) is 8.93. The van der Waals surface area contributed by atoms with E-state index in [1.54, 1.807) is 45.0 Å². The van der Waals surface area contributed by atoms with Gasteiger partial charge in [0.05, 0.1) is 11.6 Å². The first-order chi connectivity index (χ1) is 12.8. The lowest BCUT2D eigenvalue weighted by atomic mass is 9.95. The maximum Gasteiger partial charge on any atom is 0.373 e. The first-order valence-electron chi connectivity index (χ1n) is 8.93. The molecule has 1 atom stereocenters. The summed E-state index contributed by atoms with van der Waals surface area (Å²) < 4.78 is 0. The van der Waals surface area contributed by atoms with E-state index in [-0.39, 0.29) is 11.9 Å². The molecule has 0 unspecified atom stereocenters. The average Bonchev–Trinajstić information content (AvgIpc) is 2.65. The van der Waals surface area contributed by atoms with Crippen molar-refractivity contribution in [3.05, 3.63) is 65.2 Å². The fraction of sp³-hybridized carbons (Fsp3) is 0.333. The van der Waals surface area contributed by atoms with Crippen LogP contribution in [0.2, 0.25) is 0 Å². The second-order valence-electron chi connectivity index (χ2n) is 7.54. The number of anilines is 1. The van der Waals surface area contributed by atoms with Gasteiger partial charge in [-0.2, -0.15) is 4.89 Å². The lowest BCUT2D eigenvalue weighted by Crippen LogP contribution is -2.44. The van der Waals surface area contributed by atoms with Gasteiger partial charge >= 0.3 is 5.97 Å². The van der Waals surface area contributed by atoms with Crippen LogP contribution < -0.4 is 10.6 Å². The Hall–Kier alpha value is -2.70. The molecule has 1 amide bonds. The maximum absolute atomic E-state index is 12.5. The number of nitrogens with one attached hydrogen (secondary N) is 2. The molecular formula is C21H24N2O4. The Morgan fingerprint density at radius 2 is 1.70 bits per heavy atom. The standard InChI is InChI=1S/C21H24N2O4/c1-21(2,3)27-26-20(25)14-8-10-17(11-9-14)23-19(24)18-12-15-6-4-5-7-16(15)13-22-18/h4-11,18,22H,12-13H2,1-3H3,(H,23,24)/t18-/m0/s1. The van der Waals surface area contributed by atoms with E-state index in [0.717, 1.165) is 0 Å². The minimum atomic E-state index is -0.576. The van der Waals surface area contributed by atoms with E-state index < -0.39 is 11.6 Å². The first kappa shape index (κ1) is 19.1. The van der Waals surface area contributed by atoms with E-state index in [9.17, 15) is 9.59 Å². The predicted octanol–water partition coefficient (Wildman–Crippen LogP) is 3.23. The molecule has 2 N–H and O–H groups in total. The maximum atomic E-state index is 12.5. The topological polar surface area (TPSA) is 76.7 Å². The van der Waals surface area contributed by atoms with Gasteiger partial charge in [-0.3, -0.25) is 9.68 Å². The zero-order valence-electron chi connectivity index (χ0n) is 15.7. The number of hydrogen-bond donors (Lipinski definition) is 2. The van der Waals surface area contributed by atoms with Crippen LogP contribution in [0.25, 0.3) is 0 Å². The number of rotatable bonds is 4. The molecule has 0 spiro atoms. The second kappa shape index (κ2) is 7.90. The highest BCUT2D eigenvalue weighted by atomic mass is 17.2. The molecule has 6 nitrogen and oxygen atoms in total. The number of amides is 1. The third kappa shape index (κ3) is 5.15. The van der Waals surface area contributed by atoms with Crippen molar-refractivity contribution in [3.63, 3.8) is 0 Å². The number of hydrogen-bond acceptors (Lipinski definition) is 5. The monoisotopic (exact) mass is 368 g/mol. The fourth-order valence-corrected chi connectivity index (χ4v) is 2.77. The summed E-state index contributed by atoms with van der Waals surface area (Å²) in [6.45, 7) is 6.04. The minimum absolute atomic E-state index is 0.101. The largest absolute Gasteiger partial charge is 0.373 e. The molecule has 2 aromatic rings. The van der Waals surface area contributed by atoms with Crippen molar-refractivity contribution < 1.29 is 19.4 Å². The van der Waals surface area contributed by atoms with Crippen LogP contribution in [0.15, 0.2) is 48.5 Å². The quantitative estimate of drug-likeness (QED) is 0.640.